The normalized spacial score (nSPS) is 10.4. The summed E-state index contributed by atoms with van der Waals surface area (Å²) < 4.78 is 5.56. The molecular formula is C22H28N2O3. The van der Waals surface area contributed by atoms with Gasteiger partial charge in [-0.25, -0.2) is 0 Å². The first kappa shape index (κ1) is 20.5. The Morgan fingerprint density at radius 2 is 1.74 bits per heavy atom. The Balaban J connectivity index is 1.89. The minimum absolute atomic E-state index is 0.0239. The fourth-order valence-electron chi connectivity index (χ4n) is 2.97. The summed E-state index contributed by atoms with van der Waals surface area (Å²) >= 11 is 0. The maximum Gasteiger partial charge on any atom is 0.260 e. The predicted octanol–water partition coefficient (Wildman–Crippen LogP) is 3.65. The van der Waals surface area contributed by atoms with Crippen molar-refractivity contribution in [3.05, 3.63) is 58.7 Å². The highest BCUT2D eigenvalue weighted by Gasteiger charge is 2.15. The molecule has 0 unspecified atom stereocenters. The first-order valence-corrected chi connectivity index (χ1v) is 9.13. The number of nitrogens with zero attached hydrogens (tertiary/aromatic N) is 1. The van der Waals surface area contributed by atoms with Crippen molar-refractivity contribution in [2.75, 3.05) is 25.5 Å². The van der Waals surface area contributed by atoms with E-state index in [1.54, 1.807) is 7.05 Å². The summed E-state index contributed by atoms with van der Waals surface area (Å²) in [5.74, 6) is 0.185. The van der Waals surface area contributed by atoms with Crippen molar-refractivity contribution in [1.82, 2.24) is 4.90 Å². The molecule has 2 rings (SSSR count). The maximum atomic E-state index is 12.3. The molecule has 27 heavy (non-hydrogen) atoms. The van der Waals surface area contributed by atoms with Crippen LogP contribution in [0.1, 0.15) is 29.2 Å². The second kappa shape index (κ2) is 9.21. The van der Waals surface area contributed by atoms with E-state index in [1.807, 2.05) is 57.2 Å². The van der Waals surface area contributed by atoms with E-state index in [2.05, 4.69) is 12.2 Å². The highest BCUT2D eigenvalue weighted by atomic mass is 16.5. The van der Waals surface area contributed by atoms with Crippen molar-refractivity contribution in [3.63, 3.8) is 0 Å². The van der Waals surface area contributed by atoms with Crippen LogP contribution >= 0.6 is 0 Å². The lowest BCUT2D eigenvalue weighted by atomic mass is 10.1. The van der Waals surface area contributed by atoms with Gasteiger partial charge in [-0.2, -0.15) is 0 Å². The van der Waals surface area contributed by atoms with Crippen LogP contribution in [0.2, 0.25) is 0 Å². The highest BCUT2D eigenvalue weighted by Crippen LogP contribution is 2.21. The molecule has 0 heterocycles. The van der Waals surface area contributed by atoms with Crippen LogP contribution in [0.15, 0.2) is 36.4 Å². The van der Waals surface area contributed by atoms with Crippen LogP contribution < -0.4 is 10.1 Å². The Kier molecular flexibility index (Phi) is 6.99. The Morgan fingerprint density at radius 1 is 1.07 bits per heavy atom. The largest absolute Gasteiger partial charge is 0.484 e. The number of amides is 2. The van der Waals surface area contributed by atoms with Crippen molar-refractivity contribution >= 4 is 17.5 Å². The number of likely N-dealkylation sites (N-methyl/N-ethyl adjacent to an activating group) is 1. The molecule has 1 N–H and O–H groups in total. The monoisotopic (exact) mass is 368 g/mol. The summed E-state index contributed by atoms with van der Waals surface area (Å²) in [4.78, 5) is 26.0. The Labute approximate surface area is 161 Å². The van der Waals surface area contributed by atoms with E-state index in [-0.39, 0.29) is 25.0 Å². The lowest BCUT2D eigenvalue weighted by Crippen LogP contribution is -2.37. The van der Waals surface area contributed by atoms with E-state index < -0.39 is 0 Å². The van der Waals surface area contributed by atoms with Gasteiger partial charge in [0.05, 0.1) is 6.54 Å². The summed E-state index contributed by atoms with van der Waals surface area (Å²) in [6.07, 6.45) is 0.906. The van der Waals surface area contributed by atoms with E-state index in [0.717, 1.165) is 34.4 Å². The number of hydrogen-bond acceptors (Lipinski definition) is 3. The molecule has 5 heteroatoms. The van der Waals surface area contributed by atoms with Crippen LogP contribution in [0.25, 0.3) is 0 Å². The van der Waals surface area contributed by atoms with Crippen molar-refractivity contribution in [1.29, 1.82) is 0 Å². The number of nitrogens with one attached hydrogen (secondary N) is 1. The molecule has 0 bridgehead atoms. The predicted molar refractivity (Wildman–Crippen MR) is 108 cm³/mol. The third-order valence-corrected chi connectivity index (χ3v) is 4.42. The topological polar surface area (TPSA) is 58.6 Å². The van der Waals surface area contributed by atoms with Gasteiger partial charge >= 0.3 is 0 Å². The molecule has 0 radical (unpaired) electrons. The summed E-state index contributed by atoms with van der Waals surface area (Å²) in [6, 6.07) is 11.7. The number of hydrogen-bond donors (Lipinski definition) is 1. The molecule has 0 aliphatic rings. The Morgan fingerprint density at radius 3 is 2.37 bits per heavy atom. The fraction of sp³-hybridized carbons (Fsp3) is 0.364. The molecule has 2 amide bonds. The SMILES string of the molecule is CCc1cccc(OCC(=O)N(C)CC(=O)Nc2c(C)cc(C)cc2C)c1. The molecule has 2 aromatic rings. The van der Waals surface area contributed by atoms with Gasteiger partial charge in [-0.15, -0.1) is 0 Å². The maximum absolute atomic E-state index is 12.3. The third kappa shape index (κ3) is 5.84. The minimum atomic E-state index is -0.246. The van der Waals surface area contributed by atoms with Crippen LogP contribution in [0.3, 0.4) is 0 Å². The zero-order chi connectivity index (χ0) is 20.0. The number of carbonyl (C=O) groups is 2. The van der Waals surface area contributed by atoms with E-state index in [4.69, 9.17) is 4.74 Å². The van der Waals surface area contributed by atoms with Crippen molar-refractivity contribution in [2.24, 2.45) is 0 Å². The van der Waals surface area contributed by atoms with Gasteiger partial charge in [0, 0.05) is 12.7 Å². The second-order valence-corrected chi connectivity index (χ2v) is 6.86. The average Bonchev–Trinajstić information content (AvgIpc) is 2.62. The number of rotatable bonds is 7. The van der Waals surface area contributed by atoms with Crippen LogP contribution in [-0.4, -0.2) is 36.9 Å². The standard InChI is InChI=1S/C22H28N2O3/c1-6-18-8-7-9-19(12-18)27-14-21(26)24(5)13-20(25)23-22-16(3)10-15(2)11-17(22)4/h7-12H,6,13-14H2,1-5H3,(H,23,25). The molecule has 2 aromatic carbocycles. The van der Waals surface area contributed by atoms with E-state index in [1.165, 1.54) is 4.90 Å². The third-order valence-electron chi connectivity index (χ3n) is 4.42. The van der Waals surface area contributed by atoms with E-state index >= 15 is 0 Å². The number of carbonyl (C=O) groups excluding carboxylic acids is 2. The number of aryl methyl sites for hydroxylation is 4. The summed E-state index contributed by atoms with van der Waals surface area (Å²) in [5.41, 5.74) is 5.12. The van der Waals surface area contributed by atoms with Crippen LogP contribution in [0, 0.1) is 20.8 Å². The first-order chi connectivity index (χ1) is 12.8. The summed E-state index contributed by atoms with van der Waals surface area (Å²) in [5, 5.41) is 2.91. The summed E-state index contributed by atoms with van der Waals surface area (Å²) in [6.45, 7) is 7.89. The van der Waals surface area contributed by atoms with Gasteiger partial charge in [-0.05, 0) is 56.0 Å². The van der Waals surface area contributed by atoms with Gasteiger partial charge in [-0.3, -0.25) is 9.59 Å². The van der Waals surface area contributed by atoms with Crippen LogP contribution in [0.5, 0.6) is 5.75 Å². The molecule has 0 aromatic heterocycles. The summed E-state index contributed by atoms with van der Waals surface area (Å²) in [7, 11) is 1.60. The van der Waals surface area contributed by atoms with Gasteiger partial charge in [0.15, 0.2) is 6.61 Å². The van der Waals surface area contributed by atoms with Crippen molar-refractivity contribution in [3.8, 4) is 5.75 Å². The molecule has 5 nitrogen and oxygen atoms in total. The molecule has 0 spiro atoms. The van der Waals surface area contributed by atoms with Crippen molar-refractivity contribution < 1.29 is 14.3 Å². The minimum Gasteiger partial charge on any atom is -0.484 e. The molecule has 144 valence electrons. The first-order valence-electron chi connectivity index (χ1n) is 9.13. The molecule has 0 fully saturated rings. The van der Waals surface area contributed by atoms with Crippen molar-refractivity contribution in [2.45, 2.75) is 34.1 Å². The van der Waals surface area contributed by atoms with E-state index in [9.17, 15) is 9.59 Å². The average molecular weight is 368 g/mol. The number of benzene rings is 2. The Bertz CT molecular complexity index is 807. The Hall–Kier alpha value is -2.82. The van der Waals surface area contributed by atoms with Gasteiger partial charge in [-0.1, -0.05) is 36.8 Å². The van der Waals surface area contributed by atoms with Gasteiger partial charge in [0.2, 0.25) is 5.91 Å². The van der Waals surface area contributed by atoms with Gasteiger partial charge in [0.25, 0.3) is 5.91 Å². The van der Waals surface area contributed by atoms with Gasteiger partial charge < -0.3 is 15.0 Å². The molecule has 0 saturated heterocycles. The molecule has 0 aliphatic carbocycles. The lowest BCUT2D eigenvalue weighted by molar-refractivity contribution is -0.135. The molecule has 0 atom stereocenters. The second-order valence-electron chi connectivity index (χ2n) is 6.86. The number of anilines is 1. The fourth-order valence-corrected chi connectivity index (χ4v) is 2.97. The van der Waals surface area contributed by atoms with Crippen LogP contribution in [0.4, 0.5) is 5.69 Å². The highest BCUT2D eigenvalue weighted by molar-refractivity contribution is 5.95. The van der Waals surface area contributed by atoms with Crippen LogP contribution in [-0.2, 0) is 16.0 Å². The molecular weight excluding hydrogens is 340 g/mol. The number of ether oxygens (including phenoxy) is 1. The molecule has 0 saturated carbocycles. The van der Waals surface area contributed by atoms with E-state index in [0.29, 0.717) is 5.75 Å². The smallest absolute Gasteiger partial charge is 0.260 e. The zero-order valence-corrected chi connectivity index (χ0v) is 16.8. The van der Waals surface area contributed by atoms with Gasteiger partial charge in [0.1, 0.15) is 5.75 Å². The quantitative estimate of drug-likeness (QED) is 0.811. The molecule has 0 aliphatic heterocycles. The zero-order valence-electron chi connectivity index (χ0n) is 16.8. The lowest BCUT2D eigenvalue weighted by Gasteiger charge is -2.19.